The fraction of sp³-hybridized carbons (Fsp3) is 0.300. The molecule has 1 aromatic carbocycles. The van der Waals surface area contributed by atoms with Gasteiger partial charge in [-0.2, -0.15) is 0 Å². The third-order valence-corrected chi connectivity index (χ3v) is 4.60. The minimum absolute atomic E-state index is 0.565. The molecule has 7 nitrogen and oxygen atoms in total. The van der Waals surface area contributed by atoms with Gasteiger partial charge in [-0.1, -0.05) is 40.1 Å². The fourth-order valence-corrected chi connectivity index (χ4v) is 3.13. The van der Waals surface area contributed by atoms with Gasteiger partial charge in [0, 0.05) is 17.7 Å². The van der Waals surface area contributed by atoms with Gasteiger partial charge in [0.1, 0.15) is 22.8 Å². The molecule has 0 fully saturated rings. The highest BCUT2D eigenvalue weighted by atomic mass is 16.5. The molecule has 0 amide bonds. The molecule has 0 saturated carbocycles. The Morgan fingerprint density at radius 1 is 0.926 bits per heavy atom. The van der Waals surface area contributed by atoms with E-state index in [1.807, 2.05) is 45.0 Å². The number of anilines is 1. The first-order valence-electron chi connectivity index (χ1n) is 8.89. The van der Waals surface area contributed by atoms with Gasteiger partial charge >= 0.3 is 0 Å². The average molecular weight is 363 g/mol. The van der Waals surface area contributed by atoms with E-state index in [1.165, 1.54) is 5.56 Å². The van der Waals surface area contributed by atoms with E-state index in [1.54, 1.807) is 0 Å². The Balaban J connectivity index is 1.63. The summed E-state index contributed by atoms with van der Waals surface area (Å²) in [6, 6.07) is 8.14. The molecule has 7 heteroatoms. The summed E-state index contributed by atoms with van der Waals surface area (Å²) in [5.74, 6) is 2.16. The van der Waals surface area contributed by atoms with Crippen LogP contribution in [0, 0.1) is 27.7 Å². The molecule has 1 N–H and O–H groups in total. The Morgan fingerprint density at radius 3 is 2.41 bits per heavy atom. The summed E-state index contributed by atoms with van der Waals surface area (Å²) in [7, 11) is 0. The molecule has 0 unspecified atom stereocenters. The number of hydrogen-bond acceptors (Lipinski definition) is 7. The van der Waals surface area contributed by atoms with E-state index in [-0.39, 0.29) is 0 Å². The van der Waals surface area contributed by atoms with Gasteiger partial charge in [0.2, 0.25) is 5.58 Å². The molecule has 138 valence electrons. The van der Waals surface area contributed by atoms with Crippen LogP contribution < -0.4 is 5.32 Å². The third-order valence-electron chi connectivity index (χ3n) is 4.60. The zero-order valence-corrected chi connectivity index (χ0v) is 15.8. The molecule has 0 spiro atoms. The van der Waals surface area contributed by atoms with Crippen molar-refractivity contribution >= 4 is 16.9 Å². The van der Waals surface area contributed by atoms with Gasteiger partial charge in [0.15, 0.2) is 5.82 Å². The molecule has 4 rings (SSSR count). The largest absolute Gasteiger partial charge is 0.366 e. The average Bonchev–Trinajstić information content (AvgIpc) is 3.20. The molecule has 0 saturated heterocycles. The van der Waals surface area contributed by atoms with Gasteiger partial charge in [0.25, 0.3) is 0 Å². The predicted molar refractivity (Wildman–Crippen MR) is 103 cm³/mol. The first-order chi connectivity index (χ1) is 13.0. The number of rotatable bonds is 5. The minimum Gasteiger partial charge on any atom is -0.366 e. The third kappa shape index (κ3) is 3.28. The number of aromatic nitrogens is 4. The zero-order valence-electron chi connectivity index (χ0n) is 15.8. The number of fused-ring (bicyclic) bond motifs is 1. The number of nitrogens with zero attached hydrogens (tertiary/aromatic N) is 4. The van der Waals surface area contributed by atoms with E-state index in [4.69, 9.17) is 9.05 Å². The van der Waals surface area contributed by atoms with Crippen molar-refractivity contribution in [2.75, 3.05) is 11.9 Å². The van der Waals surface area contributed by atoms with Crippen molar-refractivity contribution in [2.45, 2.75) is 34.1 Å². The molecule has 0 aliphatic rings. The van der Waals surface area contributed by atoms with Gasteiger partial charge in [-0.15, -0.1) is 0 Å². The Hall–Kier alpha value is -3.22. The number of benzene rings is 1. The van der Waals surface area contributed by atoms with Crippen LogP contribution in [-0.2, 0) is 6.42 Å². The van der Waals surface area contributed by atoms with Crippen LogP contribution in [0.5, 0.6) is 0 Å². The Morgan fingerprint density at radius 2 is 1.70 bits per heavy atom. The van der Waals surface area contributed by atoms with Crippen LogP contribution in [-0.4, -0.2) is 26.8 Å². The van der Waals surface area contributed by atoms with Crippen LogP contribution >= 0.6 is 0 Å². The van der Waals surface area contributed by atoms with E-state index in [9.17, 15) is 0 Å². The summed E-state index contributed by atoms with van der Waals surface area (Å²) >= 11 is 0. The van der Waals surface area contributed by atoms with Crippen LogP contribution in [0.3, 0.4) is 0 Å². The topological polar surface area (TPSA) is 89.9 Å². The lowest BCUT2D eigenvalue weighted by Crippen LogP contribution is -2.08. The van der Waals surface area contributed by atoms with Crippen LogP contribution in [0.2, 0.25) is 0 Å². The van der Waals surface area contributed by atoms with Crippen molar-refractivity contribution in [1.82, 2.24) is 20.3 Å². The second-order valence-electron chi connectivity index (χ2n) is 6.67. The van der Waals surface area contributed by atoms with Crippen molar-refractivity contribution in [3.63, 3.8) is 0 Å². The first-order valence-corrected chi connectivity index (χ1v) is 8.89. The van der Waals surface area contributed by atoms with Crippen LogP contribution in [0.15, 0.2) is 33.3 Å². The maximum Gasteiger partial charge on any atom is 0.228 e. The Bertz CT molecular complexity index is 1080. The van der Waals surface area contributed by atoms with Crippen LogP contribution in [0.1, 0.15) is 28.4 Å². The SMILES string of the molecule is Cc1ccc(-c2noc3c(NCCc4c(C)noc4C)nc(C)nc23)cc1. The molecule has 0 aliphatic heterocycles. The zero-order chi connectivity index (χ0) is 19.0. The van der Waals surface area contributed by atoms with Crippen LogP contribution in [0.25, 0.3) is 22.4 Å². The standard InChI is InChI=1S/C20H21N5O2/c1-11-5-7-15(8-6-11)17-18-19(27-25-17)20(23-14(4)22-18)21-10-9-16-12(2)24-26-13(16)3/h5-8H,9-10H2,1-4H3,(H,21,22,23). The summed E-state index contributed by atoms with van der Waals surface area (Å²) < 4.78 is 10.8. The lowest BCUT2D eigenvalue weighted by molar-refractivity contribution is 0.392. The van der Waals surface area contributed by atoms with E-state index in [0.29, 0.717) is 29.3 Å². The van der Waals surface area contributed by atoms with Gasteiger partial charge in [-0.25, -0.2) is 9.97 Å². The van der Waals surface area contributed by atoms with Crippen LogP contribution in [0.4, 0.5) is 5.82 Å². The van der Waals surface area contributed by atoms with Crippen molar-refractivity contribution in [3.8, 4) is 11.3 Å². The smallest absolute Gasteiger partial charge is 0.228 e. The second kappa shape index (κ2) is 6.83. The molecular formula is C20H21N5O2. The molecule has 4 aromatic rings. The first kappa shape index (κ1) is 17.2. The quantitative estimate of drug-likeness (QED) is 0.569. The number of nitrogens with one attached hydrogen (secondary N) is 1. The fourth-order valence-electron chi connectivity index (χ4n) is 3.13. The molecule has 0 bridgehead atoms. The van der Waals surface area contributed by atoms with E-state index in [0.717, 1.165) is 34.7 Å². The maximum atomic E-state index is 5.59. The van der Waals surface area contributed by atoms with Gasteiger partial charge in [0.05, 0.1) is 5.69 Å². The molecule has 3 aromatic heterocycles. The molecular weight excluding hydrogens is 342 g/mol. The predicted octanol–water partition coefficient (Wildman–Crippen LogP) is 4.16. The Kier molecular flexibility index (Phi) is 4.35. The van der Waals surface area contributed by atoms with Gasteiger partial charge in [-0.05, 0) is 34.1 Å². The highest BCUT2D eigenvalue weighted by molar-refractivity contribution is 5.93. The molecule has 3 heterocycles. The highest BCUT2D eigenvalue weighted by Gasteiger charge is 2.17. The molecule has 27 heavy (non-hydrogen) atoms. The van der Waals surface area contributed by atoms with E-state index >= 15 is 0 Å². The van der Waals surface area contributed by atoms with Gasteiger partial charge < -0.3 is 14.4 Å². The molecule has 0 atom stereocenters. The molecule has 0 aliphatic carbocycles. The monoisotopic (exact) mass is 363 g/mol. The normalized spacial score (nSPS) is 11.3. The lowest BCUT2D eigenvalue weighted by atomic mass is 10.1. The van der Waals surface area contributed by atoms with Crippen molar-refractivity contribution in [3.05, 3.63) is 52.7 Å². The minimum atomic E-state index is 0.565. The van der Waals surface area contributed by atoms with Gasteiger partial charge in [-0.3, -0.25) is 0 Å². The summed E-state index contributed by atoms with van der Waals surface area (Å²) in [6.45, 7) is 8.47. The van der Waals surface area contributed by atoms with Crippen molar-refractivity contribution < 1.29 is 9.05 Å². The van der Waals surface area contributed by atoms with E-state index in [2.05, 4.69) is 32.5 Å². The van der Waals surface area contributed by atoms with E-state index < -0.39 is 0 Å². The second-order valence-corrected chi connectivity index (χ2v) is 6.67. The molecule has 0 radical (unpaired) electrons. The summed E-state index contributed by atoms with van der Waals surface area (Å²) in [5.41, 5.74) is 6.20. The van der Waals surface area contributed by atoms with Crippen molar-refractivity contribution in [2.24, 2.45) is 0 Å². The highest BCUT2D eigenvalue weighted by Crippen LogP contribution is 2.30. The Labute approximate surface area is 156 Å². The summed E-state index contributed by atoms with van der Waals surface area (Å²) in [5, 5.41) is 11.6. The van der Waals surface area contributed by atoms with Crippen molar-refractivity contribution in [1.29, 1.82) is 0 Å². The summed E-state index contributed by atoms with van der Waals surface area (Å²) in [6.07, 6.45) is 0.782. The summed E-state index contributed by atoms with van der Waals surface area (Å²) in [4.78, 5) is 9.04. The lowest BCUT2D eigenvalue weighted by Gasteiger charge is -2.06. The maximum absolute atomic E-state index is 5.59. The number of hydrogen-bond donors (Lipinski definition) is 1. The number of aryl methyl sites for hydroxylation is 4.